The summed E-state index contributed by atoms with van der Waals surface area (Å²) in [6.45, 7) is 4.29. The molecule has 3 rings (SSSR count). The summed E-state index contributed by atoms with van der Waals surface area (Å²) < 4.78 is 0. The summed E-state index contributed by atoms with van der Waals surface area (Å²) in [6.07, 6.45) is 0.575. The van der Waals surface area contributed by atoms with E-state index in [1.54, 1.807) is 17.4 Å². The fourth-order valence-corrected chi connectivity index (χ4v) is 3.39. The highest BCUT2D eigenvalue weighted by Gasteiger charge is 2.14. The second-order valence-electron chi connectivity index (χ2n) is 6.28. The molecule has 0 aliphatic heterocycles. The van der Waals surface area contributed by atoms with Gasteiger partial charge in [-0.05, 0) is 25.5 Å². The number of aryl methyl sites for hydroxylation is 2. The summed E-state index contributed by atoms with van der Waals surface area (Å²) >= 11 is 1.57. The van der Waals surface area contributed by atoms with Gasteiger partial charge < -0.3 is 10.6 Å². The van der Waals surface area contributed by atoms with E-state index in [9.17, 15) is 9.59 Å². The summed E-state index contributed by atoms with van der Waals surface area (Å²) in [5, 5.41) is 8.20. The quantitative estimate of drug-likeness (QED) is 0.664. The van der Waals surface area contributed by atoms with E-state index in [0.29, 0.717) is 18.7 Å². The minimum absolute atomic E-state index is 0.358. The number of aromatic nitrogens is 1. The predicted octanol–water partition coefficient (Wildman–Crippen LogP) is 3.72. The predicted molar refractivity (Wildman–Crippen MR) is 109 cm³/mol. The summed E-state index contributed by atoms with van der Waals surface area (Å²) in [6, 6.07) is 15.6. The van der Waals surface area contributed by atoms with Crippen molar-refractivity contribution in [2.24, 2.45) is 0 Å². The SMILES string of the molecule is Cc1ccc(-c2nc(CCNC(=O)C(=O)Nc3ccccc3C)cs2)cc1. The van der Waals surface area contributed by atoms with Crippen LogP contribution in [0.2, 0.25) is 0 Å². The smallest absolute Gasteiger partial charge is 0.313 e. The number of hydrogen-bond acceptors (Lipinski definition) is 4. The van der Waals surface area contributed by atoms with Crippen LogP contribution in [0.3, 0.4) is 0 Å². The molecule has 3 aromatic rings. The Morgan fingerprint density at radius 2 is 1.74 bits per heavy atom. The van der Waals surface area contributed by atoms with E-state index in [2.05, 4.69) is 46.8 Å². The molecule has 0 bridgehead atoms. The Morgan fingerprint density at radius 3 is 2.48 bits per heavy atom. The number of carbonyl (C=O) groups excluding carboxylic acids is 2. The van der Waals surface area contributed by atoms with E-state index in [4.69, 9.17) is 0 Å². The van der Waals surface area contributed by atoms with Crippen molar-refractivity contribution in [3.8, 4) is 10.6 Å². The third kappa shape index (κ3) is 5.01. The first-order valence-corrected chi connectivity index (χ1v) is 9.57. The third-order valence-corrected chi connectivity index (χ3v) is 5.06. The van der Waals surface area contributed by atoms with Crippen LogP contribution in [-0.4, -0.2) is 23.3 Å². The molecule has 1 heterocycles. The van der Waals surface area contributed by atoms with Gasteiger partial charge in [-0.25, -0.2) is 4.98 Å². The van der Waals surface area contributed by atoms with Gasteiger partial charge in [0.05, 0.1) is 5.69 Å². The molecule has 0 radical (unpaired) electrons. The largest absolute Gasteiger partial charge is 0.347 e. The van der Waals surface area contributed by atoms with Gasteiger partial charge in [-0.2, -0.15) is 0 Å². The fourth-order valence-electron chi connectivity index (χ4n) is 2.53. The van der Waals surface area contributed by atoms with Crippen molar-refractivity contribution in [1.82, 2.24) is 10.3 Å². The molecule has 0 spiro atoms. The molecule has 0 aliphatic carbocycles. The molecule has 1 aromatic heterocycles. The number of nitrogens with one attached hydrogen (secondary N) is 2. The van der Waals surface area contributed by atoms with Crippen molar-refractivity contribution < 1.29 is 9.59 Å². The maximum absolute atomic E-state index is 12.0. The Bertz CT molecular complexity index is 948. The number of amides is 2. The van der Waals surface area contributed by atoms with Crippen LogP contribution in [0.5, 0.6) is 0 Å². The fraction of sp³-hybridized carbons (Fsp3) is 0.190. The van der Waals surface area contributed by atoms with Gasteiger partial charge in [0.15, 0.2) is 0 Å². The van der Waals surface area contributed by atoms with Crippen molar-refractivity contribution in [1.29, 1.82) is 0 Å². The van der Waals surface area contributed by atoms with Gasteiger partial charge in [-0.3, -0.25) is 9.59 Å². The van der Waals surface area contributed by atoms with Crippen molar-refractivity contribution in [3.63, 3.8) is 0 Å². The third-order valence-electron chi connectivity index (χ3n) is 4.12. The molecule has 5 nitrogen and oxygen atoms in total. The zero-order chi connectivity index (χ0) is 19.2. The van der Waals surface area contributed by atoms with Gasteiger partial charge in [0.25, 0.3) is 0 Å². The van der Waals surface area contributed by atoms with Crippen LogP contribution in [0, 0.1) is 13.8 Å². The van der Waals surface area contributed by atoms with Crippen LogP contribution in [0.25, 0.3) is 10.6 Å². The topological polar surface area (TPSA) is 71.1 Å². The van der Waals surface area contributed by atoms with E-state index >= 15 is 0 Å². The molecule has 0 unspecified atom stereocenters. The molecular formula is C21H21N3O2S. The lowest BCUT2D eigenvalue weighted by Gasteiger charge is -2.08. The van der Waals surface area contributed by atoms with Gasteiger partial charge >= 0.3 is 11.8 Å². The van der Waals surface area contributed by atoms with E-state index in [1.165, 1.54) is 5.56 Å². The Morgan fingerprint density at radius 1 is 1.00 bits per heavy atom. The van der Waals surface area contributed by atoms with Crippen LogP contribution in [0.15, 0.2) is 53.9 Å². The monoisotopic (exact) mass is 379 g/mol. The summed E-state index contributed by atoms with van der Waals surface area (Å²) in [5.74, 6) is -1.31. The van der Waals surface area contributed by atoms with Crippen molar-refractivity contribution >= 4 is 28.8 Å². The molecule has 2 N–H and O–H groups in total. The van der Waals surface area contributed by atoms with Crippen LogP contribution in [0.1, 0.15) is 16.8 Å². The molecular weight excluding hydrogens is 358 g/mol. The zero-order valence-electron chi connectivity index (χ0n) is 15.3. The summed E-state index contributed by atoms with van der Waals surface area (Å²) in [7, 11) is 0. The highest BCUT2D eigenvalue weighted by molar-refractivity contribution is 7.13. The zero-order valence-corrected chi connectivity index (χ0v) is 16.1. The van der Waals surface area contributed by atoms with Gasteiger partial charge in [0.2, 0.25) is 0 Å². The molecule has 0 fully saturated rings. The van der Waals surface area contributed by atoms with E-state index in [-0.39, 0.29) is 0 Å². The molecule has 0 saturated carbocycles. The average molecular weight is 379 g/mol. The average Bonchev–Trinajstić information content (AvgIpc) is 3.13. The molecule has 138 valence electrons. The van der Waals surface area contributed by atoms with E-state index < -0.39 is 11.8 Å². The first-order valence-electron chi connectivity index (χ1n) is 8.69. The highest BCUT2D eigenvalue weighted by atomic mass is 32.1. The molecule has 2 aromatic carbocycles. The van der Waals surface area contributed by atoms with Gasteiger partial charge in [0.1, 0.15) is 5.01 Å². The number of anilines is 1. The van der Waals surface area contributed by atoms with Gasteiger partial charge in [-0.1, -0.05) is 48.0 Å². The van der Waals surface area contributed by atoms with Gasteiger partial charge in [0, 0.05) is 29.6 Å². The van der Waals surface area contributed by atoms with Crippen LogP contribution < -0.4 is 10.6 Å². The lowest BCUT2D eigenvalue weighted by molar-refractivity contribution is -0.136. The van der Waals surface area contributed by atoms with Crippen molar-refractivity contribution in [3.05, 3.63) is 70.7 Å². The molecule has 0 aliphatic rings. The number of carbonyl (C=O) groups is 2. The van der Waals surface area contributed by atoms with E-state index in [1.807, 2.05) is 30.5 Å². The second kappa shape index (κ2) is 8.60. The minimum Gasteiger partial charge on any atom is -0.347 e. The summed E-state index contributed by atoms with van der Waals surface area (Å²) in [4.78, 5) is 28.6. The van der Waals surface area contributed by atoms with E-state index in [0.717, 1.165) is 21.8 Å². The molecule has 0 saturated heterocycles. The van der Waals surface area contributed by atoms with Crippen LogP contribution in [0.4, 0.5) is 5.69 Å². The molecule has 27 heavy (non-hydrogen) atoms. The lowest BCUT2D eigenvalue weighted by atomic mass is 10.2. The number of benzene rings is 2. The standard InChI is InChI=1S/C21H21N3O2S/c1-14-7-9-16(10-8-14)21-23-17(13-27-21)11-12-22-19(25)20(26)24-18-6-4-3-5-15(18)2/h3-10,13H,11-12H2,1-2H3,(H,22,25)(H,24,26). The number of para-hydroxylation sites is 1. The Kier molecular flexibility index (Phi) is 5.98. The molecule has 0 atom stereocenters. The normalized spacial score (nSPS) is 10.4. The van der Waals surface area contributed by atoms with Crippen LogP contribution in [-0.2, 0) is 16.0 Å². The van der Waals surface area contributed by atoms with Gasteiger partial charge in [-0.15, -0.1) is 11.3 Å². The first kappa shape index (κ1) is 18.8. The Balaban J connectivity index is 1.49. The molecule has 2 amide bonds. The maximum atomic E-state index is 12.0. The minimum atomic E-state index is -0.664. The lowest BCUT2D eigenvalue weighted by Crippen LogP contribution is -2.36. The first-order chi connectivity index (χ1) is 13.0. The number of thiazole rings is 1. The Labute approximate surface area is 162 Å². The number of rotatable bonds is 5. The second-order valence-corrected chi connectivity index (χ2v) is 7.14. The maximum Gasteiger partial charge on any atom is 0.313 e. The van der Waals surface area contributed by atoms with Crippen molar-refractivity contribution in [2.75, 3.05) is 11.9 Å². The summed E-state index contributed by atoms with van der Waals surface area (Å²) in [5.41, 5.74) is 4.74. The highest BCUT2D eigenvalue weighted by Crippen LogP contribution is 2.24. The molecule has 6 heteroatoms. The Hall–Kier alpha value is -2.99. The number of nitrogens with zero attached hydrogens (tertiary/aromatic N) is 1. The number of hydrogen-bond donors (Lipinski definition) is 2. The van der Waals surface area contributed by atoms with Crippen molar-refractivity contribution in [2.45, 2.75) is 20.3 Å². The van der Waals surface area contributed by atoms with Crippen LogP contribution >= 0.6 is 11.3 Å².